The number of unbranched alkanes of at least 4 members (excludes halogenated alkanes) is 1. The molecule has 7 aromatic carbocycles. The van der Waals surface area contributed by atoms with Crippen molar-refractivity contribution in [2.75, 3.05) is 4.90 Å². The molecule has 7 heterocycles. The maximum absolute atomic E-state index is 12.9. The number of aliphatic carboxylic acids is 1. The van der Waals surface area contributed by atoms with Crippen LogP contribution in [0.15, 0.2) is 182 Å². The molecule has 0 aliphatic carbocycles. The van der Waals surface area contributed by atoms with Crippen LogP contribution in [-0.2, 0) is 53.9 Å². The molecule has 101 heavy (non-hydrogen) atoms. The van der Waals surface area contributed by atoms with Crippen molar-refractivity contribution in [3.8, 4) is 67.7 Å². The van der Waals surface area contributed by atoms with Gasteiger partial charge in [0.05, 0.1) is 29.7 Å². The molecule has 0 bridgehead atoms. The van der Waals surface area contributed by atoms with Crippen LogP contribution in [0.3, 0.4) is 0 Å². The number of hydrogen-bond acceptors (Lipinski definition) is 15. The number of aromatic nitrogens is 15. The minimum atomic E-state index is -0.976. The normalized spacial score (nSPS) is 12.2. The van der Waals surface area contributed by atoms with Gasteiger partial charge in [-0.05, 0) is 130 Å². The number of aromatic carboxylic acids is 1. The quantitative estimate of drug-likeness (QED) is 0.0520. The Morgan fingerprint density at radius 1 is 0.584 bits per heavy atom. The lowest BCUT2D eigenvalue weighted by Gasteiger charge is -2.32. The monoisotopic (exact) mass is 1350 g/mol. The van der Waals surface area contributed by atoms with Crippen molar-refractivity contribution in [3.05, 3.63) is 227 Å². The lowest BCUT2D eigenvalue weighted by atomic mass is 9.97. The predicted molar refractivity (Wildman–Crippen MR) is 387 cm³/mol. The molecule has 0 saturated carbocycles. The van der Waals surface area contributed by atoms with Gasteiger partial charge in [0.1, 0.15) is 34.7 Å². The number of amides is 2. The van der Waals surface area contributed by atoms with E-state index in [1.807, 2.05) is 193 Å². The van der Waals surface area contributed by atoms with E-state index in [0.717, 1.165) is 138 Å². The third-order valence-corrected chi connectivity index (χ3v) is 17.9. The molecular formula is C78H77N17O6. The molecule has 0 saturated heterocycles. The number of tetrazole rings is 2. The number of nitrogens with zero attached hydrogens (tertiary/aromatic N) is 15. The van der Waals surface area contributed by atoms with E-state index < -0.39 is 18.0 Å². The summed E-state index contributed by atoms with van der Waals surface area (Å²) in [5, 5.41) is 48.0. The summed E-state index contributed by atoms with van der Waals surface area (Å²) < 4.78 is 4.26. The largest absolute Gasteiger partial charge is 0.480 e. The highest BCUT2D eigenvalue weighted by atomic mass is 16.4. The SMILES string of the molecule is CCCCC(=O)N(Cc1ccc(-c2ccccc2-c2nn[nH]n2)cc1)C(C(=O)O)C(C)C.CCCc1nc2ccc(-c3nc4ccccc4n3C)nc2n1Cc1ccc(-c2ccccc2C(=O)O)cc1.Cc1nc(C)c2c(n1)N(Cc1ccc(-c3ccccc3-c3nn[nH]n3)cc1)C(=O)CC2. The van der Waals surface area contributed by atoms with Crippen molar-refractivity contribution < 1.29 is 29.4 Å². The van der Waals surface area contributed by atoms with Gasteiger partial charge in [0.25, 0.3) is 0 Å². The number of anilines is 1. The number of rotatable bonds is 21. The van der Waals surface area contributed by atoms with Gasteiger partial charge in [-0.1, -0.05) is 186 Å². The Morgan fingerprint density at radius 2 is 1.15 bits per heavy atom. The number of pyridine rings is 1. The number of aryl methyl sites for hydroxylation is 4. The number of aromatic amines is 2. The van der Waals surface area contributed by atoms with Crippen molar-refractivity contribution >= 4 is 51.8 Å². The summed E-state index contributed by atoms with van der Waals surface area (Å²) >= 11 is 0. The van der Waals surface area contributed by atoms with Crippen molar-refractivity contribution in [2.45, 2.75) is 112 Å². The summed E-state index contributed by atoms with van der Waals surface area (Å²) in [6, 6.07) is 58.1. The molecule has 1 atom stereocenters. The van der Waals surface area contributed by atoms with E-state index >= 15 is 0 Å². The molecule has 1 aliphatic heterocycles. The fraction of sp³-hybridized carbons (Fsp3) is 0.244. The minimum Gasteiger partial charge on any atom is -0.480 e. The van der Waals surface area contributed by atoms with Crippen LogP contribution in [0, 0.1) is 19.8 Å². The summed E-state index contributed by atoms with van der Waals surface area (Å²) in [5.74, 6) is 2.18. The Bertz CT molecular complexity index is 5070. The molecule has 23 nitrogen and oxygen atoms in total. The van der Waals surface area contributed by atoms with Crippen molar-refractivity contribution in [1.82, 2.24) is 80.2 Å². The van der Waals surface area contributed by atoms with Crippen LogP contribution in [0.5, 0.6) is 0 Å². The molecule has 1 aliphatic rings. The molecule has 23 heteroatoms. The average molecular weight is 1350 g/mol. The zero-order valence-electron chi connectivity index (χ0n) is 57.3. The van der Waals surface area contributed by atoms with Crippen LogP contribution in [-0.4, -0.2) is 120 Å². The Labute approximate surface area is 583 Å². The molecular weight excluding hydrogens is 1270 g/mol. The van der Waals surface area contributed by atoms with Gasteiger partial charge in [0.15, 0.2) is 11.5 Å². The number of benzene rings is 7. The topological polar surface area (TPSA) is 298 Å². The summed E-state index contributed by atoms with van der Waals surface area (Å²) in [4.78, 5) is 76.3. The van der Waals surface area contributed by atoms with Crippen molar-refractivity contribution in [2.24, 2.45) is 13.0 Å². The Hall–Kier alpha value is -12.3. The second-order valence-electron chi connectivity index (χ2n) is 25.2. The van der Waals surface area contributed by atoms with E-state index in [1.54, 1.807) is 17.0 Å². The summed E-state index contributed by atoms with van der Waals surface area (Å²) in [5.41, 5.74) is 17.2. The number of carboxylic acids is 2. The lowest BCUT2D eigenvalue weighted by Crippen LogP contribution is -2.47. The summed E-state index contributed by atoms with van der Waals surface area (Å²) in [6.07, 6.45) is 4.98. The zero-order chi connectivity index (χ0) is 70.7. The van der Waals surface area contributed by atoms with Gasteiger partial charge < -0.3 is 24.2 Å². The second-order valence-corrected chi connectivity index (χ2v) is 25.2. The minimum absolute atomic E-state index is 0.0940. The third kappa shape index (κ3) is 15.4. The first-order valence-electron chi connectivity index (χ1n) is 33.8. The lowest BCUT2D eigenvalue weighted by molar-refractivity contribution is -0.153. The zero-order valence-corrected chi connectivity index (χ0v) is 57.3. The first kappa shape index (κ1) is 68.7. The van der Waals surface area contributed by atoms with Crippen LogP contribution in [0.25, 0.3) is 89.9 Å². The second kappa shape index (κ2) is 31.1. The molecule has 14 rings (SSSR count). The highest BCUT2D eigenvalue weighted by Gasteiger charge is 2.33. The number of carbonyl (C=O) groups excluding carboxylic acids is 2. The molecule has 6 aromatic heterocycles. The van der Waals surface area contributed by atoms with Crippen LogP contribution < -0.4 is 4.90 Å². The standard InChI is InChI=1S/C31H27N5O2.C24H29N5O3.C23H21N7O/c1-3-8-28-32-26-18-17-25(29-33-24-11-6-7-12-27(24)35(29)2)34-30(26)36(28)19-20-13-15-21(16-14-20)22-9-4-5-10-23(22)31(37)38;1-4-5-10-21(30)29(22(16(2)3)24(31)32)15-17-11-13-18(14-12-17)19-8-6-7-9-20(19)23-25-27-28-26-23;1-14-18-11-12-21(31)30(23(18)25-15(2)24-14)13-16-7-9-17(10-8-16)19-5-3-4-6-20(19)22-26-28-29-27-22/h4-7,9-18H,3,8,19H2,1-2H3,(H,37,38);6-9,11-14,16,22H,4-5,10,15H2,1-3H3,(H,31,32)(H,25,26,27,28);3-10H,11-13H2,1-2H3,(H,26,27,28,29). The van der Waals surface area contributed by atoms with E-state index in [2.05, 4.69) is 85.5 Å². The number of imidazole rings is 2. The van der Waals surface area contributed by atoms with E-state index in [0.29, 0.717) is 61.0 Å². The first-order valence-corrected chi connectivity index (χ1v) is 33.8. The maximum Gasteiger partial charge on any atom is 0.336 e. The Kier molecular flexibility index (Phi) is 21.1. The number of carbonyl (C=O) groups is 4. The fourth-order valence-electron chi connectivity index (χ4n) is 12.9. The van der Waals surface area contributed by atoms with Gasteiger partial charge in [0.2, 0.25) is 23.5 Å². The van der Waals surface area contributed by atoms with Crippen LogP contribution in [0.1, 0.15) is 110 Å². The number of para-hydroxylation sites is 2. The van der Waals surface area contributed by atoms with Gasteiger partial charge in [0, 0.05) is 55.2 Å². The van der Waals surface area contributed by atoms with Gasteiger partial charge in [-0.25, -0.2) is 34.5 Å². The smallest absolute Gasteiger partial charge is 0.336 e. The predicted octanol–water partition coefficient (Wildman–Crippen LogP) is 13.9. The molecule has 13 aromatic rings. The molecule has 510 valence electrons. The van der Waals surface area contributed by atoms with E-state index in [4.69, 9.17) is 15.0 Å². The maximum atomic E-state index is 12.9. The average Bonchev–Trinajstić information content (AvgIpc) is 1.54. The molecule has 4 N–H and O–H groups in total. The van der Waals surface area contributed by atoms with Gasteiger partial charge in [-0.3, -0.25) is 14.5 Å². The molecule has 2 amide bonds. The molecule has 0 fully saturated rings. The van der Waals surface area contributed by atoms with Crippen molar-refractivity contribution in [1.29, 1.82) is 0 Å². The van der Waals surface area contributed by atoms with Gasteiger partial charge >= 0.3 is 11.9 Å². The Morgan fingerprint density at radius 3 is 1.71 bits per heavy atom. The number of H-pyrrole nitrogens is 2. The highest BCUT2D eigenvalue weighted by molar-refractivity contribution is 5.97. The highest BCUT2D eigenvalue weighted by Crippen LogP contribution is 2.35. The van der Waals surface area contributed by atoms with Gasteiger partial charge in [-0.15, -0.1) is 20.4 Å². The number of carboxylic acid groups (broad SMARTS) is 2. The summed E-state index contributed by atoms with van der Waals surface area (Å²) in [6.45, 7) is 13.0. The third-order valence-electron chi connectivity index (χ3n) is 17.9. The number of hydrogen-bond donors (Lipinski definition) is 4. The van der Waals surface area contributed by atoms with Crippen LogP contribution >= 0.6 is 0 Å². The molecule has 0 radical (unpaired) electrons. The van der Waals surface area contributed by atoms with Gasteiger partial charge in [-0.2, -0.15) is 10.4 Å². The number of fused-ring (bicyclic) bond motifs is 3. The van der Waals surface area contributed by atoms with Crippen molar-refractivity contribution in [3.63, 3.8) is 0 Å². The Balaban J connectivity index is 0.000000144. The first-order chi connectivity index (χ1) is 49.0. The number of nitrogens with one attached hydrogen (secondary N) is 2. The summed E-state index contributed by atoms with van der Waals surface area (Å²) in [7, 11) is 2.01. The van der Waals surface area contributed by atoms with E-state index in [-0.39, 0.29) is 24.3 Å². The van der Waals surface area contributed by atoms with Crippen LogP contribution in [0.2, 0.25) is 0 Å². The fourth-order valence-corrected chi connectivity index (χ4v) is 12.9. The molecule has 1 unspecified atom stereocenters. The van der Waals surface area contributed by atoms with E-state index in [1.165, 1.54) is 4.90 Å². The van der Waals surface area contributed by atoms with Crippen LogP contribution in [0.4, 0.5) is 5.82 Å². The molecule has 0 spiro atoms. The van der Waals surface area contributed by atoms with E-state index in [9.17, 15) is 29.4 Å².